The minimum atomic E-state index is 0.176. The first-order chi connectivity index (χ1) is 10.2. The number of hydrogen-bond acceptors (Lipinski definition) is 3. The van der Waals surface area contributed by atoms with Crippen molar-refractivity contribution in [3.8, 4) is 0 Å². The van der Waals surface area contributed by atoms with Crippen molar-refractivity contribution in [2.75, 3.05) is 32.0 Å². The van der Waals surface area contributed by atoms with Gasteiger partial charge in [-0.1, -0.05) is 6.42 Å². The van der Waals surface area contributed by atoms with Gasteiger partial charge in [0.25, 0.3) is 5.91 Å². The molecule has 2 aliphatic heterocycles. The maximum absolute atomic E-state index is 12.8. The number of carbonyl (C=O) groups excluding carboxylic acids is 1. The number of piperazine rings is 1. The molecule has 0 bridgehead atoms. The van der Waals surface area contributed by atoms with E-state index in [4.69, 9.17) is 0 Å². The molecule has 4 heteroatoms. The second-order valence-electron chi connectivity index (χ2n) is 6.28. The Morgan fingerprint density at radius 1 is 1.19 bits per heavy atom. The monoisotopic (exact) mass is 287 g/mol. The predicted molar refractivity (Wildman–Crippen MR) is 85.7 cm³/mol. The van der Waals surface area contributed by atoms with Gasteiger partial charge in [0, 0.05) is 43.5 Å². The lowest BCUT2D eigenvalue weighted by atomic mass is 9.96. The Morgan fingerprint density at radius 2 is 1.95 bits per heavy atom. The van der Waals surface area contributed by atoms with E-state index in [1.54, 1.807) is 0 Å². The summed E-state index contributed by atoms with van der Waals surface area (Å²) in [5, 5.41) is 3.09. The number of piperidine rings is 1. The standard InChI is InChI=1S/C17H25N3O/c1-13-11-19-10-4-3-5-16(19)12-20(13)17(21)14-6-8-15(18-2)9-7-14/h6-9,13,16,18H,3-5,10-12H2,1-2H3. The summed E-state index contributed by atoms with van der Waals surface area (Å²) in [4.78, 5) is 17.4. The summed E-state index contributed by atoms with van der Waals surface area (Å²) in [6.07, 6.45) is 3.84. The second-order valence-corrected chi connectivity index (χ2v) is 6.28. The molecule has 2 heterocycles. The minimum Gasteiger partial charge on any atom is -0.388 e. The summed E-state index contributed by atoms with van der Waals surface area (Å²) in [6.45, 7) is 5.28. The van der Waals surface area contributed by atoms with E-state index < -0.39 is 0 Å². The molecule has 2 fully saturated rings. The lowest BCUT2D eigenvalue weighted by Gasteiger charge is -2.47. The van der Waals surface area contributed by atoms with Crippen molar-refractivity contribution in [3.05, 3.63) is 29.8 Å². The van der Waals surface area contributed by atoms with Crippen molar-refractivity contribution in [2.45, 2.75) is 38.3 Å². The molecule has 114 valence electrons. The van der Waals surface area contributed by atoms with E-state index in [0.717, 1.165) is 24.3 Å². The lowest BCUT2D eigenvalue weighted by Crippen LogP contribution is -2.60. The number of rotatable bonds is 2. The molecule has 2 atom stereocenters. The van der Waals surface area contributed by atoms with Crippen LogP contribution in [0.25, 0.3) is 0 Å². The minimum absolute atomic E-state index is 0.176. The number of nitrogens with zero attached hydrogens (tertiary/aromatic N) is 2. The molecule has 0 spiro atoms. The van der Waals surface area contributed by atoms with Gasteiger partial charge in [-0.05, 0) is 50.6 Å². The molecule has 2 aliphatic rings. The smallest absolute Gasteiger partial charge is 0.254 e. The quantitative estimate of drug-likeness (QED) is 0.907. The molecule has 0 saturated carbocycles. The molecule has 2 saturated heterocycles. The summed E-state index contributed by atoms with van der Waals surface area (Å²) in [5.41, 5.74) is 1.84. The molecule has 0 aromatic heterocycles. The van der Waals surface area contributed by atoms with Crippen LogP contribution < -0.4 is 5.32 Å². The van der Waals surface area contributed by atoms with E-state index in [-0.39, 0.29) is 5.91 Å². The zero-order chi connectivity index (χ0) is 14.8. The van der Waals surface area contributed by atoms with Gasteiger partial charge in [0.2, 0.25) is 0 Å². The fourth-order valence-electron chi connectivity index (χ4n) is 3.58. The normalized spacial score (nSPS) is 26.3. The van der Waals surface area contributed by atoms with E-state index in [2.05, 4.69) is 22.0 Å². The van der Waals surface area contributed by atoms with Gasteiger partial charge in [-0.25, -0.2) is 0 Å². The fraction of sp³-hybridized carbons (Fsp3) is 0.588. The fourth-order valence-corrected chi connectivity index (χ4v) is 3.58. The van der Waals surface area contributed by atoms with Crippen molar-refractivity contribution in [2.24, 2.45) is 0 Å². The zero-order valence-electron chi connectivity index (χ0n) is 13.0. The summed E-state index contributed by atoms with van der Waals surface area (Å²) in [5.74, 6) is 0.176. The van der Waals surface area contributed by atoms with Gasteiger partial charge in [-0.2, -0.15) is 0 Å². The van der Waals surface area contributed by atoms with Gasteiger partial charge in [-0.3, -0.25) is 9.69 Å². The molecule has 2 unspecified atom stereocenters. The predicted octanol–water partition coefficient (Wildman–Crippen LogP) is 2.43. The third-order valence-electron chi connectivity index (χ3n) is 4.87. The molecule has 1 aromatic rings. The SMILES string of the molecule is CNc1ccc(C(=O)N2CC3CCCCN3CC2C)cc1. The number of fused-ring (bicyclic) bond motifs is 1. The van der Waals surface area contributed by atoms with Crippen LogP contribution in [0.5, 0.6) is 0 Å². The van der Waals surface area contributed by atoms with Crippen LogP contribution in [0.1, 0.15) is 36.5 Å². The first-order valence-electron chi connectivity index (χ1n) is 8.02. The van der Waals surface area contributed by atoms with Crippen LogP contribution in [-0.2, 0) is 0 Å². The average molecular weight is 287 g/mol. The summed E-state index contributed by atoms with van der Waals surface area (Å²) < 4.78 is 0. The van der Waals surface area contributed by atoms with Crippen molar-refractivity contribution < 1.29 is 4.79 Å². The number of amides is 1. The highest BCUT2D eigenvalue weighted by Gasteiger charge is 2.35. The summed E-state index contributed by atoms with van der Waals surface area (Å²) in [6, 6.07) is 8.65. The van der Waals surface area contributed by atoms with Crippen molar-refractivity contribution in [1.82, 2.24) is 9.80 Å². The van der Waals surface area contributed by atoms with Crippen LogP contribution in [0.4, 0.5) is 5.69 Å². The Bertz CT molecular complexity index is 499. The maximum Gasteiger partial charge on any atom is 0.254 e. The van der Waals surface area contributed by atoms with Crippen LogP contribution in [0.3, 0.4) is 0 Å². The van der Waals surface area contributed by atoms with E-state index in [9.17, 15) is 4.79 Å². The Balaban J connectivity index is 1.73. The number of anilines is 1. The van der Waals surface area contributed by atoms with E-state index in [1.165, 1.54) is 25.8 Å². The van der Waals surface area contributed by atoms with E-state index in [0.29, 0.717) is 12.1 Å². The number of carbonyl (C=O) groups is 1. The molecule has 1 amide bonds. The van der Waals surface area contributed by atoms with Gasteiger partial charge in [0.05, 0.1) is 0 Å². The molecule has 3 rings (SSSR count). The van der Waals surface area contributed by atoms with Gasteiger partial charge in [0.1, 0.15) is 0 Å². The lowest BCUT2D eigenvalue weighted by molar-refractivity contribution is 0.0152. The van der Waals surface area contributed by atoms with Crippen LogP contribution >= 0.6 is 0 Å². The molecular formula is C17H25N3O. The van der Waals surface area contributed by atoms with Crippen molar-refractivity contribution >= 4 is 11.6 Å². The Kier molecular flexibility index (Phi) is 4.15. The largest absolute Gasteiger partial charge is 0.388 e. The van der Waals surface area contributed by atoms with Crippen LogP contribution in [0.2, 0.25) is 0 Å². The number of nitrogens with one attached hydrogen (secondary N) is 1. The van der Waals surface area contributed by atoms with Gasteiger partial charge < -0.3 is 10.2 Å². The topological polar surface area (TPSA) is 35.6 Å². The van der Waals surface area contributed by atoms with Gasteiger partial charge >= 0.3 is 0 Å². The molecule has 21 heavy (non-hydrogen) atoms. The van der Waals surface area contributed by atoms with Crippen LogP contribution in [0, 0.1) is 0 Å². The number of benzene rings is 1. The average Bonchev–Trinajstić information content (AvgIpc) is 2.53. The molecule has 1 N–H and O–H groups in total. The van der Waals surface area contributed by atoms with Crippen molar-refractivity contribution in [3.63, 3.8) is 0 Å². The third kappa shape index (κ3) is 2.91. The van der Waals surface area contributed by atoms with Gasteiger partial charge in [-0.15, -0.1) is 0 Å². The van der Waals surface area contributed by atoms with E-state index >= 15 is 0 Å². The molecule has 4 nitrogen and oxygen atoms in total. The van der Waals surface area contributed by atoms with Gasteiger partial charge in [0.15, 0.2) is 0 Å². The summed E-state index contributed by atoms with van der Waals surface area (Å²) >= 11 is 0. The van der Waals surface area contributed by atoms with E-state index in [1.807, 2.05) is 31.3 Å². The first kappa shape index (κ1) is 14.4. The highest BCUT2D eigenvalue weighted by atomic mass is 16.2. The van der Waals surface area contributed by atoms with Crippen LogP contribution in [-0.4, -0.2) is 54.5 Å². The highest BCUT2D eigenvalue weighted by Crippen LogP contribution is 2.25. The Hall–Kier alpha value is -1.55. The number of hydrogen-bond donors (Lipinski definition) is 1. The maximum atomic E-state index is 12.8. The summed E-state index contributed by atoms with van der Waals surface area (Å²) in [7, 11) is 1.89. The Labute approximate surface area is 127 Å². The molecule has 1 aromatic carbocycles. The third-order valence-corrected chi connectivity index (χ3v) is 4.87. The molecule has 0 aliphatic carbocycles. The van der Waals surface area contributed by atoms with Crippen molar-refractivity contribution in [1.29, 1.82) is 0 Å². The molecular weight excluding hydrogens is 262 g/mol. The zero-order valence-corrected chi connectivity index (χ0v) is 13.0. The Morgan fingerprint density at radius 3 is 2.67 bits per heavy atom. The second kappa shape index (κ2) is 6.06. The first-order valence-corrected chi connectivity index (χ1v) is 8.02. The highest BCUT2D eigenvalue weighted by molar-refractivity contribution is 5.94. The molecule has 0 radical (unpaired) electrons. The van der Waals surface area contributed by atoms with Crippen LogP contribution in [0.15, 0.2) is 24.3 Å².